The zero-order valence-electron chi connectivity index (χ0n) is 9.66. The lowest BCUT2D eigenvalue weighted by molar-refractivity contribution is 0.0996. The van der Waals surface area contributed by atoms with Crippen molar-refractivity contribution in [3.8, 4) is 0 Å². The minimum atomic E-state index is -0.271. The molecule has 0 fully saturated rings. The summed E-state index contributed by atoms with van der Waals surface area (Å²) in [5.41, 5.74) is 4.10. The number of aryl methyl sites for hydroxylation is 2. The molecule has 0 amide bonds. The smallest absolute Gasteiger partial charge is 0.179 e. The first-order chi connectivity index (χ1) is 8.08. The summed E-state index contributed by atoms with van der Waals surface area (Å²) >= 11 is 1.35. The fraction of sp³-hybridized carbons (Fsp3) is 0.231. The molecule has 0 saturated heterocycles. The highest BCUT2D eigenvalue weighted by atomic mass is 32.1. The number of carbonyl (C=O) groups excluding carboxylic acids is 1. The summed E-state index contributed by atoms with van der Waals surface area (Å²) in [7, 11) is 0. The molecule has 88 valence electrons. The van der Waals surface area contributed by atoms with Gasteiger partial charge in [-0.3, -0.25) is 4.79 Å². The highest BCUT2D eigenvalue weighted by Gasteiger charge is 2.13. The van der Waals surface area contributed by atoms with Crippen LogP contribution in [0.4, 0.5) is 4.39 Å². The van der Waals surface area contributed by atoms with Gasteiger partial charge in [-0.1, -0.05) is 6.07 Å². The molecular formula is C13H12FNOS. The van der Waals surface area contributed by atoms with Gasteiger partial charge >= 0.3 is 0 Å². The number of nitrogens with zero attached hydrogens (tertiary/aromatic N) is 1. The SMILES string of the molecule is Cc1cc(F)ccc1CC(=O)c1scnc1C. The van der Waals surface area contributed by atoms with Crippen LogP contribution in [0, 0.1) is 19.7 Å². The van der Waals surface area contributed by atoms with Crippen LogP contribution in [-0.2, 0) is 6.42 Å². The average molecular weight is 249 g/mol. The molecule has 0 spiro atoms. The van der Waals surface area contributed by atoms with E-state index in [1.165, 1.54) is 23.5 Å². The van der Waals surface area contributed by atoms with Gasteiger partial charge in [0.1, 0.15) is 5.82 Å². The Morgan fingerprint density at radius 2 is 2.18 bits per heavy atom. The van der Waals surface area contributed by atoms with Crippen molar-refractivity contribution in [3.63, 3.8) is 0 Å². The third kappa shape index (κ3) is 2.58. The third-order valence-corrected chi connectivity index (χ3v) is 3.62. The lowest BCUT2D eigenvalue weighted by Gasteiger charge is -2.04. The lowest BCUT2D eigenvalue weighted by atomic mass is 10.0. The van der Waals surface area contributed by atoms with Crippen LogP contribution in [0.5, 0.6) is 0 Å². The van der Waals surface area contributed by atoms with Gasteiger partial charge in [0.2, 0.25) is 0 Å². The minimum absolute atomic E-state index is 0.0414. The summed E-state index contributed by atoms with van der Waals surface area (Å²) in [5.74, 6) is -0.229. The summed E-state index contributed by atoms with van der Waals surface area (Å²) in [6.07, 6.45) is 0.301. The molecule has 0 aliphatic rings. The summed E-state index contributed by atoms with van der Waals surface area (Å²) < 4.78 is 12.9. The highest BCUT2D eigenvalue weighted by molar-refractivity contribution is 7.11. The van der Waals surface area contributed by atoms with Gasteiger partial charge in [0.25, 0.3) is 0 Å². The van der Waals surface area contributed by atoms with Gasteiger partial charge in [-0.25, -0.2) is 9.37 Å². The normalized spacial score (nSPS) is 10.5. The van der Waals surface area contributed by atoms with Crippen LogP contribution in [0.15, 0.2) is 23.7 Å². The van der Waals surface area contributed by atoms with E-state index in [4.69, 9.17) is 0 Å². The van der Waals surface area contributed by atoms with Crippen molar-refractivity contribution in [1.82, 2.24) is 4.98 Å². The second kappa shape index (κ2) is 4.75. The molecule has 1 aromatic carbocycles. The predicted molar refractivity (Wildman–Crippen MR) is 66.0 cm³/mol. The summed E-state index contributed by atoms with van der Waals surface area (Å²) in [5, 5.41) is 0. The van der Waals surface area contributed by atoms with Crippen LogP contribution in [0.2, 0.25) is 0 Å². The Morgan fingerprint density at radius 1 is 1.41 bits per heavy atom. The van der Waals surface area contributed by atoms with Gasteiger partial charge in [0, 0.05) is 6.42 Å². The van der Waals surface area contributed by atoms with Crippen molar-refractivity contribution in [2.24, 2.45) is 0 Å². The summed E-state index contributed by atoms with van der Waals surface area (Å²) in [6.45, 7) is 3.63. The van der Waals surface area contributed by atoms with Gasteiger partial charge in [-0.05, 0) is 37.1 Å². The van der Waals surface area contributed by atoms with Crippen molar-refractivity contribution >= 4 is 17.1 Å². The van der Waals surface area contributed by atoms with Crippen molar-refractivity contribution in [3.05, 3.63) is 51.2 Å². The molecule has 4 heteroatoms. The van der Waals surface area contributed by atoms with E-state index in [-0.39, 0.29) is 11.6 Å². The number of rotatable bonds is 3. The molecule has 0 aliphatic heterocycles. The second-order valence-corrected chi connectivity index (χ2v) is 4.79. The number of hydrogen-bond donors (Lipinski definition) is 0. The van der Waals surface area contributed by atoms with Gasteiger partial charge in [-0.15, -0.1) is 11.3 Å². The van der Waals surface area contributed by atoms with Crippen LogP contribution in [0.1, 0.15) is 26.5 Å². The van der Waals surface area contributed by atoms with Crippen LogP contribution >= 0.6 is 11.3 Å². The van der Waals surface area contributed by atoms with E-state index >= 15 is 0 Å². The van der Waals surface area contributed by atoms with Gasteiger partial charge in [0.05, 0.1) is 16.1 Å². The molecule has 2 aromatic rings. The maximum absolute atomic E-state index is 12.9. The van der Waals surface area contributed by atoms with Crippen molar-refractivity contribution in [2.45, 2.75) is 20.3 Å². The lowest BCUT2D eigenvalue weighted by Crippen LogP contribution is -2.04. The number of thiazole rings is 1. The van der Waals surface area contributed by atoms with E-state index in [2.05, 4.69) is 4.98 Å². The van der Waals surface area contributed by atoms with E-state index in [9.17, 15) is 9.18 Å². The van der Waals surface area contributed by atoms with E-state index in [0.717, 1.165) is 16.8 Å². The van der Waals surface area contributed by atoms with Crippen LogP contribution in [0.25, 0.3) is 0 Å². The molecule has 1 heterocycles. The molecule has 0 N–H and O–H groups in total. The number of aromatic nitrogens is 1. The van der Waals surface area contributed by atoms with Gasteiger partial charge in [0.15, 0.2) is 5.78 Å². The number of Topliss-reactive ketones (excluding diaryl/α,β-unsaturated/α-hetero) is 1. The number of hydrogen-bond acceptors (Lipinski definition) is 3. The fourth-order valence-electron chi connectivity index (χ4n) is 1.68. The first-order valence-corrected chi connectivity index (χ1v) is 6.14. The zero-order chi connectivity index (χ0) is 12.4. The Balaban J connectivity index is 2.22. The maximum atomic E-state index is 12.9. The van der Waals surface area contributed by atoms with Crippen molar-refractivity contribution in [2.75, 3.05) is 0 Å². The van der Waals surface area contributed by atoms with E-state index < -0.39 is 0 Å². The largest absolute Gasteiger partial charge is 0.293 e. The molecule has 0 atom stereocenters. The first-order valence-electron chi connectivity index (χ1n) is 5.26. The van der Waals surface area contributed by atoms with Crippen molar-refractivity contribution < 1.29 is 9.18 Å². The van der Waals surface area contributed by atoms with Crippen LogP contribution in [-0.4, -0.2) is 10.8 Å². The average Bonchev–Trinajstić information content (AvgIpc) is 2.68. The summed E-state index contributed by atoms with van der Waals surface area (Å²) in [4.78, 5) is 16.8. The molecular weight excluding hydrogens is 237 g/mol. The number of benzene rings is 1. The number of halogens is 1. The van der Waals surface area contributed by atoms with Crippen molar-refractivity contribution in [1.29, 1.82) is 0 Å². The zero-order valence-corrected chi connectivity index (χ0v) is 10.5. The Morgan fingerprint density at radius 3 is 2.76 bits per heavy atom. The quantitative estimate of drug-likeness (QED) is 0.781. The summed E-state index contributed by atoms with van der Waals surface area (Å²) in [6, 6.07) is 4.50. The molecule has 0 radical (unpaired) electrons. The molecule has 1 aromatic heterocycles. The molecule has 0 unspecified atom stereocenters. The number of ketones is 1. The third-order valence-electron chi connectivity index (χ3n) is 2.65. The Hall–Kier alpha value is -1.55. The van der Waals surface area contributed by atoms with Gasteiger partial charge < -0.3 is 0 Å². The molecule has 2 nitrogen and oxygen atoms in total. The Labute approximate surface area is 103 Å². The second-order valence-electron chi connectivity index (χ2n) is 3.94. The van der Waals surface area contributed by atoms with Crippen LogP contribution < -0.4 is 0 Å². The topological polar surface area (TPSA) is 30.0 Å². The molecule has 0 aliphatic carbocycles. The standard InChI is InChI=1S/C13H12FNOS/c1-8-5-11(14)4-3-10(8)6-12(16)13-9(2)15-7-17-13/h3-5,7H,6H2,1-2H3. The number of carbonyl (C=O) groups is 1. The first kappa shape index (κ1) is 11.9. The molecule has 0 bridgehead atoms. The van der Waals surface area contributed by atoms with E-state index in [1.807, 2.05) is 13.8 Å². The predicted octanol–water partition coefficient (Wildman–Crippen LogP) is 3.32. The van der Waals surface area contributed by atoms with E-state index in [0.29, 0.717) is 11.3 Å². The molecule has 17 heavy (non-hydrogen) atoms. The highest BCUT2D eigenvalue weighted by Crippen LogP contribution is 2.18. The molecule has 2 rings (SSSR count). The molecule has 0 saturated carbocycles. The monoisotopic (exact) mass is 249 g/mol. The van der Waals surface area contributed by atoms with Gasteiger partial charge in [-0.2, -0.15) is 0 Å². The fourth-order valence-corrected chi connectivity index (χ4v) is 2.42. The Bertz CT molecular complexity index is 562. The maximum Gasteiger partial charge on any atom is 0.179 e. The minimum Gasteiger partial charge on any atom is -0.293 e. The van der Waals surface area contributed by atoms with Crippen LogP contribution in [0.3, 0.4) is 0 Å². The Kier molecular flexibility index (Phi) is 3.33. The van der Waals surface area contributed by atoms with E-state index in [1.54, 1.807) is 11.6 Å².